The molecule has 2 fully saturated rings. The van der Waals surface area contributed by atoms with Gasteiger partial charge in [0.1, 0.15) is 0 Å². The molecule has 0 bridgehead atoms. The number of rotatable bonds is 9. The number of hydrogen-bond donors (Lipinski definition) is 2. The van der Waals surface area contributed by atoms with E-state index < -0.39 is 11.4 Å². The van der Waals surface area contributed by atoms with Crippen LogP contribution in [-0.4, -0.2) is 21.6 Å². The van der Waals surface area contributed by atoms with Gasteiger partial charge >= 0.3 is 5.97 Å². The molecule has 0 radical (unpaired) electrons. The summed E-state index contributed by atoms with van der Waals surface area (Å²) in [5, 5.41) is 12.7. The van der Waals surface area contributed by atoms with Crippen LogP contribution in [0.3, 0.4) is 0 Å². The fourth-order valence-corrected chi connectivity index (χ4v) is 5.68. The lowest BCUT2D eigenvalue weighted by Gasteiger charge is -2.24. The Morgan fingerprint density at radius 2 is 1.76 bits per heavy atom. The zero-order valence-corrected chi connectivity index (χ0v) is 21.3. The number of carbonyl (C=O) groups is 2. The van der Waals surface area contributed by atoms with E-state index in [9.17, 15) is 19.5 Å². The van der Waals surface area contributed by atoms with Crippen LogP contribution in [0.2, 0.25) is 0 Å². The first-order chi connectivity index (χ1) is 17.8. The number of carbonyl (C=O) groups excluding carboxylic acids is 1. The van der Waals surface area contributed by atoms with Gasteiger partial charge in [-0.2, -0.15) is 0 Å². The minimum absolute atomic E-state index is 0.0223. The number of aryl methyl sites for hydroxylation is 1. The van der Waals surface area contributed by atoms with Crippen LogP contribution in [-0.2, 0) is 22.6 Å². The lowest BCUT2D eigenvalue weighted by molar-refractivity contribution is -0.143. The monoisotopic (exact) mass is 498 g/mol. The fraction of sp³-hybridized carbons (Fsp3) is 0.387. The number of pyridine rings is 1. The molecule has 1 aromatic heterocycles. The van der Waals surface area contributed by atoms with Gasteiger partial charge in [-0.1, -0.05) is 49.2 Å². The molecule has 1 amide bonds. The number of nitrogens with one attached hydrogen (secondary N) is 1. The molecule has 1 heterocycles. The van der Waals surface area contributed by atoms with Crippen LogP contribution in [0, 0.1) is 18.3 Å². The molecule has 0 spiro atoms. The minimum Gasteiger partial charge on any atom is -0.481 e. The van der Waals surface area contributed by atoms with Gasteiger partial charge in [0.05, 0.1) is 17.9 Å². The molecule has 6 nitrogen and oxygen atoms in total. The van der Waals surface area contributed by atoms with E-state index in [4.69, 9.17) is 0 Å². The van der Waals surface area contributed by atoms with E-state index in [-0.39, 0.29) is 23.3 Å². The summed E-state index contributed by atoms with van der Waals surface area (Å²) in [6, 6.07) is 19.2. The third-order valence-corrected chi connectivity index (χ3v) is 8.04. The van der Waals surface area contributed by atoms with E-state index >= 15 is 0 Å². The van der Waals surface area contributed by atoms with Gasteiger partial charge < -0.3 is 15.0 Å². The van der Waals surface area contributed by atoms with Crippen LogP contribution in [0.1, 0.15) is 66.7 Å². The van der Waals surface area contributed by atoms with E-state index in [1.165, 1.54) is 0 Å². The molecular weight excluding hydrogens is 464 g/mol. The van der Waals surface area contributed by atoms with Gasteiger partial charge in [-0.3, -0.25) is 14.4 Å². The summed E-state index contributed by atoms with van der Waals surface area (Å²) in [6.07, 6.45) is 8.04. The molecule has 192 valence electrons. The lowest BCUT2D eigenvalue weighted by Crippen LogP contribution is -2.26. The molecule has 2 saturated carbocycles. The topological polar surface area (TPSA) is 88.4 Å². The average Bonchev–Trinajstić information content (AvgIpc) is 3.46. The van der Waals surface area contributed by atoms with Crippen molar-refractivity contribution in [3.8, 4) is 0 Å². The maximum Gasteiger partial charge on any atom is 0.309 e. The molecule has 0 aliphatic heterocycles. The summed E-state index contributed by atoms with van der Waals surface area (Å²) in [7, 11) is 0. The highest BCUT2D eigenvalue weighted by atomic mass is 16.4. The third-order valence-electron chi connectivity index (χ3n) is 8.04. The number of carboxylic acids is 1. The second kappa shape index (κ2) is 10.4. The quantitative estimate of drug-likeness (QED) is 0.406. The number of aromatic nitrogens is 1. The van der Waals surface area contributed by atoms with E-state index in [1.54, 1.807) is 10.6 Å². The SMILES string of the molecule is Cc1ccn(Cc2ccc(C(C(=O)Nc3cccc(CC4(C(=O)O)CC4)c3)C3CCCC3)cc2)c(=O)c1. The van der Waals surface area contributed by atoms with Crippen molar-refractivity contribution in [2.45, 2.75) is 64.3 Å². The molecule has 2 aromatic carbocycles. The third kappa shape index (κ3) is 5.68. The van der Waals surface area contributed by atoms with Crippen LogP contribution in [0.4, 0.5) is 5.69 Å². The average molecular weight is 499 g/mol. The molecule has 3 aromatic rings. The summed E-state index contributed by atoms with van der Waals surface area (Å²) in [4.78, 5) is 37.5. The van der Waals surface area contributed by atoms with Crippen molar-refractivity contribution in [1.82, 2.24) is 4.57 Å². The summed E-state index contributed by atoms with van der Waals surface area (Å²) in [6.45, 7) is 2.40. The molecule has 37 heavy (non-hydrogen) atoms. The van der Waals surface area contributed by atoms with Crippen molar-refractivity contribution in [3.05, 3.63) is 99.5 Å². The molecule has 0 saturated heterocycles. The number of anilines is 1. The Balaban J connectivity index is 1.32. The van der Waals surface area contributed by atoms with Gasteiger partial charge in [-0.05, 0) is 85.4 Å². The van der Waals surface area contributed by atoms with Crippen molar-refractivity contribution in [1.29, 1.82) is 0 Å². The molecule has 1 unspecified atom stereocenters. The number of benzene rings is 2. The zero-order valence-electron chi connectivity index (χ0n) is 21.3. The number of aliphatic carboxylic acids is 1. The van der Waals surface area contributed by atoms with Crippen LogP contribution < -0.4 is 10.9 Å². The predicted octanol–water partition coefficient (Wildman–Crippen LogP) is 5.52. The zero-order chi connectivity index (χ0) is 26.0. The Bertz CT molecular complexity index is 1350. The van der Waals surface area contributed by atoms with Crippen molar-refractivity contribution in [2.75, 3.05) is 5.32 Å². The summed E-state index contributed by atoms with van der Waals surface area (Å²) in [5.74, 6) is -0.726. The molecular formula is C31H34N2O4. The normalized spacial score (nSPS) is 17.3. The van der Waals surface area contributed by atoms with Gasteiger partial charge in [0.15, 0.2) is 0 Å². The van der Waals surface area contributed by atoms with Crippen molar-refractivity contribution in [3.63, 3.8) is 0 Å². The maximum atomic E-state index is 13.6. The van der Waals surface area contributed by atoms with Crippen molar-refractivity contribution >= 4 is 17.6 Å². The summed E-state index contributed by atoms with van der Waals surface area (Å²) < 4.78 is 1.69. The van der Waals surface area contributed by atoms with Gasteiger partial charge in [-0.15, -0.1) is 0 Å². The second-order valence-electron chi connectivity index (χ2n) is 10.9. The first-order valence-electron chi connectivity index (χ1n) is 13.2. The highest BCUT2D eigenvalue weighted by Gasteiger charge is 2.50. The first kappa shape index (κ1) is 25.0. The number of nitrogens with zero attached hydrogens (tertiary/aromatic N) is 1. The Morgan fingerprint density at radius 1 is 1.03 bits per heavy atom. The first-order valence-corrected chi connectivity index (χ1v) is 13.2. The molecule has 2 N–H and O–H groups in total. The van der Waals surface area contributed by atoms with E-state index in [0.717, 1.165) is 47.9 Å². The summed E-state index contributed by atoms with van der Waals surface area (Å²) in [5.41, 5.74) is 3.93. The van der Waals surface area contributed by atoms with E-state index in [1.807, 2.05) is 67.7 Å². The van der Waals surface area contributed by atoms with Crippen molar-refractivity contribution in [2.24, 2.45) is 11.3 Å². The fourth-order valence-electron chi connectivity index (χ4n) is 5.68. The molecule has 2 aliphatic rings. The molecule has 6 heteroatoms. The lowest BCUT2D eigenvalue weighted by atomic mass is 9.83. The van der Waals surface area contributed by atoms with E-state index in [2.05, 4.69) is 5.32 Å². The minimum atomic E-state index is -0.737. The van der Waals surface area contributed by atoms with Crippen molar-refractivity contribution < 1.29 is 14.7 Å². The highest BCUT2D eigenvalue weighted by Crippen LogP contribution is 2.48. The van der Waals surface area contributed by atoms with Crippen LogP contribution in [0.25, 0.3) is 0 Å². The number of carboxylic acid groups (broad SMARTS) is 1. The van der Waals surface area contributed by atoms with Crippen LogP contribution in [0.15, 0.2) is 71.7 Å². The highest BCUT2D eigenvalue weighted by molar-refractivity contribution is 5.96. The largest absolute Gasteiger partial charge is 0.481 e. The number of amides is 1. The van der Waals surface area contributed by atoms with E-state index in [0.29, 0.717) is 31.5 Å². The molecule has 5 rings (SSSR count). The Kier molecular flexibility index (Phi) is 7.00. The second-order valence-corrected chi connectivity index (χ2v) is 10.9. The van der Waals surface area contributed by atoms with Gasteiger partial charge in [0, 0.05) is 18.0 Å². The van der Waals surface area contributed by atoms with Gasteiger partial charge in [0.25, 0.3) is 5.56 Å². The maximum absolute atomic E-state index is 13.6. The predicted molar refractivity (Wildman–Crippen MR) is 144 cm³/mol. The Hall–Kier alpha value is -3.67. The smallest absolute Gasteiger partial charge is 0.309 e. The standard InChI is InChI=1S/C31H34N2O4/c1-21-13-16-33(27(34)17-21)20-22-9-11-25(12-10-22)28(24-6-2-3-7-24)29(35)32-26-8-4-5-23(18-26)19-31(14-15-31)30(36)37/h4-5,8-13,16-18,24,28H,2-3,6-7,14-15,19-20H2,1H3,(H,32,35)(H,36,37). The summed E-state index contributed by atoms with van der Waals surface area (Å²) >= 11 is 0. The van der Waals surface area contributed by atoms with Gasteiger partial charge in [-0.25, -0.2) is 0 Å². The van der Waals surface area contributed by atoms with Crippen LogP contribution in [0.5, 0.6) is 0 Å². The molecule has 1 atom stereocenters. The number of hydrogen-bond acceptors (Lipinski definition) is 3. The molecule has 2 aliphatic carbocycles. The van der Waals surface area contributed by atoms with Gasteiger partial charge in [0.2, 0.25) is 5.91 Å². The Morgan fingerprint density at radius 3 is 2.41 bits per heavy atom. The van der Waals surface area contributed by atoms with Crippen LogP contribution >= 0.6 is 0 Å². The Labute approximate surface area is 217 Å².